The van der Waals surface area contributed by atoms with E-state index >= 15 is 0 Å². The van der Waals surface area contributed by atoms with Crippen LogP contribution in [0.25, 0.3) is 0 Å². The largest absolute Gasteiger partial charge is 0.389 e. The van der Waals surface area contributed by atoms with E-state index in [1.165, 1.54) is 0 Å². The second kappa shape index (κ2) is 6.29. The number of benzene rings is 1. The maximum Gasteiger partial charge on any atom is 0.389 e. The van der Waals surface area contributed by atoms with Crippen molar-refractivity contribution in [1.29, 1.82) is 0 Å². The molecule has 1 aromatic carbocycles. The average Bonchev–Trinajstić information content (AvgIpc) is 2.20. The first-order valence-corrected chi connectivity index (χ1v) is 4.67. The smallest absolute Gasteiger partial charge is 0.324 e. The topological polar surface area (TPSA) is 26.0 Å². The summed E-state index contributed by atoms with van der Waals surface area (Å²) in [6, 6.07) is 0.0000515. The lowest BCUT2D eigenvalue weighted by atomic mass is 10.0. The predicted molar refractivity (Wildman–Crippen MR) is 55.8 cm³/mol. The number of nitrogens with two attached hydrogens (primary N) is 1. The van der Waals surface area contributed by atoms with Crippen molar-refractivity contribution in [3.05, 3.63) is 35.1 Å². The normalized spacial score (nSPS) is 13.1. The molecule has 0 unspecified atom stereocenters. The summed E-state index contributed by atoms with van der Waals surface area (Å²) in [5, 5.41) is 0. The highest BCUT2D eigenvalue weighted by Crippen LogP contribution is 2.27. The van der Waals surface area contributed by atoms with E-state index in [0.29, 0.717) is 12.1 Å². The van der Waals surface area contributed by atoms with Crippen molar-refractivity contribution in [2.45, 2.75) is 25.1 Å². The first-order chi connectivity index (χ1) is 7.70. The first-order valence-electron chi connectivity index (χ1n) is 4.67. The van der Waals surface area contributed by atoms with Gasteiger partial charge >= 0.3 is 6.18 Å². The highest BCUT2D eigenvalue weighted by Gasteiger charge is 2.28. The lowest BCUT2D eigenvalue weighted by molar-refractivity contribution is -0.136. The van der Waals surface area contributed by atoms with Crippen LogP contribution in [0.1, 0.15) is 24.4 Å². The second-order valence-electron chi connectivity index (χ2n) is 3.56. The van der Waals surface area contributed by atoms with Crippen molar-refractivity contribution < 1.29 is 26.3 Å². The Kier molecular flexibility index (Phi) is 5.95. The van der Waals surface area contributed by atoms with E-state index in [4.69, 9.17) is 5.73 Å². The standard InChI is InChI=1S/C10H9F6N.ClH/c11-6-3-5(4-7(12)9(6)13)8(17)1-2-10(14,15)16;/h3-4,8H,1-2,17H2;1H/t8-;/m0./s1. The molecule has 0 aliphatic rings. The Morgan fingerprint density at radius 2 is 1.50 bits per heavy atom. The Hall–Kier alpha value is -0.950. The van der Waals surface area contributed by atoms with Gasteiger partial charge in [0.05, 0.1) is 0 Å². The van der Waals surface area contributed by atoms with Gasteiger partial charge in [0, 0.05) is 12.5 Å². The Bertz CT molecular complexity index is 383. The first kappa shape index (κ1) is 17.1. The third kappa shape index (κ3) is 4.73. The molecule has 0 aromatic heterocycles. The summed E-state index contributed by atoms with van der Waals surface area (Å²) in [4.78, 5) is 0. The van der Waals surface area contributed by atoms with Crippen LogP contribution in [0, 0.1) is 17.5 Å². The number of rotatable bonds is 3. The summed E-state index contributed by atoms with van der Waals surface area (Å²) in [5.74, 6) is -4.61. The van der Waals surface area contributed by atoms with Crippen molar-refractivity contribution in [3.63, 3.8) is 0 Å². The molecule has 8 heteroatoms. The van der Waals surface area contributed by atoms with Crippen molar-refractivity contribution in [2.24, 2.45) is 5.73 Å². The summed E-state index contributed by atoms with van der Waals surface area (Å²) in [7, 11) is 0. The number of alkyl halides is 3. The number of halogens is 7. The molecule has 1 aromatic rings. The number of hydrogen-bond donors (Lipinski definition) is 1. The predicted octanol–water partition coefficient (Wildman–Crippen LogP) is 3.87. The van der Waals surface area contributed by atoms with Crippen molar-refractivity contribution >= 4 is 12.4 Å². The maximum absolute atomic E-state index is 12.8. The van der Waals surface area contributed by atoms with Gasteiger partial charge in [0.1, 0.15) is 0 Å². The Morgan fingerprint density at radius 3 is 1.89 bits per heavy atom. The van der Waals surface area contributed by atoms with Crippen molar-refractivity contribution in [3.8, 4) is 0 Å². The lowest BCUT2D eigenvalue weighted by Crippen LogP contribution is -2.16. The zero-order valence-corrected chi connectivity index (χ0v) is 9.72. The highest BCUT2D eigenvalue weighted by molar-refractivity contribution is 5.85. The maximum atomic E-state index is 12.8. The zero-order valence-electron chi connectivity index (χ0n) is 8.90. The Balaban J connectivity index is 0.00000289. The summed E-state index contributed by atoms with van der Waals surface area (Å²) in [6.45, 7) is 0. The van der Waals surface area contributed by atoms with Crippen LogP contribution in [0.5, 0.6) is 0 Å². The van der Waals surface area contributed by atoms with Gasteiger partial charge in [-0.15, -0.1) is 12.4 Å². The molecule has 0 heterocycles. The van der Waals surface area contributed by atoms with Crippen LogP contribution in [0.2, 0.25) is 0 Å². The Labute approximate surface area is 105 Å². The summed E-state index contributed by atoms with van der Waals surface area (Å²) < 4.78 is 73.8. The molecular formula is C10H10ClF6N. The zero-order chi connectivity index (χ0) is 13.2. The fourth-order valence-corrected chi connectivity index (χ4v) is 1.28. The molecule has 104 valence electrons. The minimum atomic E-state index is -4.39. The molecule has 1 rings (SSSR count). The van der Waals surface area contributed by atoms with Gasteiger partial charge in [-0.05, 0) is 24.1 Å². The van der Waals surface area contributed by atoms with Crippen LogP contribution in [0.4, 0.5) is 26.3 Å². The van der Waals surface area contributed by atoms with Gasteiger partial charge in [-0.25, -0.2) is 13.2 Å². The fraction of sp³-hybridized carbons (Fsp3) is 0.400. The molecule has 1 nitrogen and oxygen atoms in total. The van der Waals surface area contributed by atoms with Gasteiger partial charge in [-0.1, -0.05) is 0 Å². The van der Waals surface area contributed by atoms with Crippen LogP contribution >= 0.6 is 12.4 Å². The SMILES string of the molecule is Cl.N[C@@H](CCC(F)(F)F)c1cc(F)c(F)c(F)c1. The lowest BCUT2D eigenvalue weighted by Gasteiger charge is -2.14. The van der Waals surface area contributed by atoms with Crippen LogP contribution in [0.3, 0.4) is 0 Å². The second-order valence-corrected chi connectivity index (χ2v) is 3.56. The van der Waals surface area contributed by atoms with Crippen LogP contribution in [-0.4, -0.2) is 6.18 Å². The van der Waals surface area contributed by atoms with Crippen molar-refractivity contribution in [2.75, 3.05) is 0 Å². The van der Waals surface area contributed by atoms with E-state index in [0.717, 1.165) is 0 Å². The van der Waals surface area contributed by atoms with Crippen LogP contribution in [-0.2, 0) is 0 Å². The van der Waals surface area contributed by atoms with E-state index in [2.05, 4.69) is 0 Å². The molecule has 0 saturated heterocycles. The monoisotopic (exact) mass is 293 g/mol. The summed E-state index contributed by atoms with van der Waals surface area (Å²) >= 11 is 0. The van der Waals surface area contributed by atoms with E-state index in [1.54, 1.807) is 0 Å². The number of hydrogen-bond acceptors (Lipinski definition) is 1. The van der Waals surface area contributed by atoms with Crippen LogP contribution < -0.4 is 5.73 Å². The quantitative estimate of drug-likeness (QED) is 0.664. The molecule has 0 fully saturated rings. The van der Waals surface area contributed by atoms with E-state index in [9.17, 15) is 26.3 Å². The summed E-state index contributed by atoms with van der Waals surface area (Å²) in [5.41, 5.74) is 5.13. The molecule has 0 amide bonds. The highest BCUT2D eigenvalue weighted by atomic mass is 35.5. The van der Waals surface area contributed by atoms with E-state index < -0.39 is 42.5 Å². The molecule has 2 N–H and O–H groups in total. The van der Waals surface area contributed by atoms with Gasteiger partial charge < -0.3 is 5.73 Å². The molecule has 1 atom stereocenters. The van der Waals surface area contributed by atoms with Crippen molar-refractivity contribution in [1.82, 2.24) is 0 Å². The molecule has 0 aliphatic carbocycles. The molecule has 0 aliphatic heterocycles. The minimum Gasteiger partial charge on any atom is -0.324 e. The molecule has 0 saturated carbocycles. The average molecular weight is 294 g/mol. The molecule has 0 bridgehead atoms. The third-order valence-electron chi connectivity index (χ3n) is 2.17. The van der Waals surface area contributed by atoms with Gasteiger partial charge in [-0.2, -0.15) is 13.2 Å². The van der Waals surface area contributed by atoms with E-state index in [1.807, 2.05) is 0 Å². The van der Waals surface area contributed by atoms with Gasteiger partial charge in [0.2, 0.25) is 0 Å². The molecule has 0 spiro atoms. The van der Waals surface area contributed by atoms with E-state index in [-0.39, 0.29) is 18.0 Å². The molecular weight excluding hydrogens is 284 g/mol. The third-order valence-corrected chi connectivity index (χ3v) is 2.17. The molecule has 0 radical (unpaired) electrons. The minimum absolute atomic E-state index is 0. The fourth-order valence-electron chi connectivity index (χ4n) is 1.28. The summed E-state index contributed by atoms with van der Waals surface area (Å²) in [6.07, 6.45) is -6.09. The van der Waals surface area contributed by atoms with Gasteiger partial charge in [0.25, 0.3) is 0 Å². The molecule has 18 heavy (non-hydrogen) atoms. The van der Waals surface area contributed by atoms with Gasteiger partial charge in [0.15, 0.2) is 17.5 Å². The van der Waals surface area contributed by atoms with Gasteiger partial charge in [-0.3, -0.25) is 0 Å². The van der Waals surface area contributed by atoms with Crippen LogP contribution in [0.15, 0.2) is 12.1 Å². The Morgan fingerprint density at radius 1 is 1.06 bits per heavy atom.